The van der Waals surface area contributed by atoms with Crippen molar-refractivity contribution in [2.45, 2.75) is 31.7 Å². The molecule has 2 heterocycles. The van der Waals surface area contributed by atoms with Gasteiger partial charge in [-0.15, -0.1) is 0 Å². The minimum absolute atomic E-state index is 0.00940. The second kappa shape index (κ2) is 4.70. The Bertz CT molecular complexity index is 367. The van der Waals surface area contributed by atoms with Gasteiger partial charge in [0.1, 0.15) is 0 Å². The van der Waals surface area contributed by atoms with E-state index in [1.165, 1.54) is 0 Å². The van der Waals surface area contributed by atoms with Crippen molar-refractivity contribution in [3.05, 3.63) is 17.5 Å². The van der Waals surface area contributed by atoms with E-state index in [1.54, 1.807) is 6.20 Å². The van der Waals surface area contributed by atoms with E-state index >= 15 is 0 Å². The van der Waals surface area contributed by atoms with Crippen LogP contribution in [0.1, 0.15) is 30.1 Å². The standard InChI is InChI=1S/C11H18F2N4/c1-8-9(7-15-16-8)10(6-14)17-4-2-11(12,13)3-5-17/h7,10H,2-6,14H2,1H3,(H,15,16). The molecular weight excluding hydrogens is 226 g/mol. The molecule has 3 N–H and O–H groups in total. The van der Waals surface area contributed by atoms with Gasteiger partial charge in [0.2, 0.25) is 0 Å². The van der Waals surface area contributed by atoms with Gasteiger partial charge >= 0.3 is 0 Å². The van der Waals surface area contributed by atoms with Gasteiger partial charge in [-0.3, -0.25) is 10.00 Å². The zero-order chi connectivity index (χ0) is 12.5. The van der Waals surface area contributed by atoms with E-state index in [-0.39, 0.29) is 18.9 Å². The normalized spacial score (nSPS) is 22.6. The molecule has 1 saturated heterocycles. The van der Waals surface area contributed by atoms with Crippen LogP contribution in [-0.2, 0) is 0 Å². The van der Waals surface area contributed by atoms with Crippen molar-refractivity contribution in [3.8, 4) is 0 Å². The molecule has 1 fully saturated rings. The second-order valence-electron chi connectivity index (χ2n) is 4.59. The molecule has 0 radical (unpaired) electrons. The van der Waals surface area contributed by atoms with Crippen molar-refractivity contribution in [1.29, 1.82) is 0 Å². The molecule has 1 atom stereocenters. The van der Waals surface area contributed by atoms with E-state index in [2.05, 4.69) is 10.2 Å². The molecule has 2 rings (SSSR count). The maximum Gasteiger partial charge on any atom is 0.250 e. The zero-order valence-corrected chi connectivity index (χ0v) is 9.92. The van der Waals surface area contributed by atoms with Gasteiger partial charge in [0.15, 0.2) is 0 Å². The molecule has 0 amide bonds. The lowest BCUT2D eigenvalue weighted by atomic mass is 10.0. The van der Waals surface area contributed by atoms with Crippen LogP contribution in [0.25, 0.3) is 0 Å². The lowest BCUT2D eigenvalue weighted by Crippen LogP contribution is -2.43. The van der Waals surface area contributed by atoms with Crippen LogP contribution in [0.5, 0.6) is 0 Å². The summed E-state index contributed by atoms with van der Waals surface area (Å²) in [5.74, 6) is -2.51. The summed E-state index contributed by atoms with van der Waals surface area (Å²) in [6.45, 7) is 3.12. The van der Waals surface area contributed by atoms with Crippen molar-refractivity contribution in [1.82, 2.24) is 15.1 Å². The molecule has 4 nitrogen and oxygen atoms in total. The average molecular weight is 244 g/mol. The number of nitrogens with zero attached hydrogens (tertiary/aromatic N) is 2. The summed E-state index contributed by atoms with van der Waals surface area (Å²) >= 11 is 0. The summed E-state index contributed by atoms with van der Waals surface area (Å²) in [7, 11) is 0. The van der Waals surface area contributed by atoms with E-state index in [4.69, 9.17) is 5.73 Å². The number of nitrogens with two attached hydrogens (primary N) is 1. The van der Waals surface area contributed by atoms with Crippen LogP contribution in [0.2, 0.25) is 0 Å². The first-order chi connectivity index (χ1) is 8.03. The highest BCUT2D eigenvalue weighted by Gasteiger charge is 2.36. The molecular formula is C11H18F2N4. The van der Waals surface area contributed by atoms with Gasteiger partial charge in [-0.2, -0.15) is 5.10 Å². The van der Waals surface area contributed by atoms with Crippen LogP contribution in [-0.4, -0.2) is 40.7 Å². The van der Waals surface area contributed by atoms with Gasteiger partial charge in [-0.25, -0.2) is 8.78 Å². The van der Waals surface area contributed by atoms with Gasteiger partial charge in [0, 0.05) is 43.7 Å². The number of halogens is 2. The Kier molecular flexibility index (Phi) is 3.44. The molecule has 0 aromatic carbocycles. The summed E-state index contributed by atoms with van der Waals surface area (Å²) in [6.07, 6.45) is 1.57. The molecule has 0 saturated carbocycles. The van der Waals surface area contributed by atoms with Crippen LogP contribution in [0.4, 0.5) is 8.78 Å². The molecule has 96 valence electrons. The van der Waals surface area contributed by atoms with E-state index in [0.717, 1.165) is 11.3 Å². The first-order valence-electron chi connectivity index (χ1n) is 5.85. The zero-order valence-electron chi connectivity index (χ0n) is 9.92. The highest BCUT2D eigenvalue weighted by Crippen LogP contribution is 2.32. The monoisotopic (exact) mass is 244 g/mol. The highest BCUT2D eigenvalue weighted by atomic mass is 19.3. The summed E-state index contributed by atoms with van der Waals surface area (Å²) in [6, 6.07) is -0.00940. The Morgan fingerprint density at radius 3 is 2.65 bits per heavy atom. The quantitative estimate of drug-likeness (QED) is 0.846. The largest absolute Gasteiger partial charge is 0.329 e. The van der Waals surface area contributed by atoms with Crippen LogP contribution < -0.4 is 5.73 Å². The maximum absolute atomic E-state index is 13.1. The van der Waals surface area contributed by atoms with Crippen molar-refractivity contribution < 1.29 is 8.78 Å². The predicted octanol–water partition coefficient (Wildman–Crippen LogP) is 1.45. The van der Waals surface area contributed by atoms with Crippen LogP contribution >= 0.6 is 0 Å². The summed E-state index contributed by atoms with van der Waals surface area (Å²) < 4.78 is 26.2. The van der Waals surface area contributed by atoms with E-state index < -0.39 is 5.92 Å². The first kappa shape index (κ1) is 12.4. The fourth-order valence-corrected chi connectivity index (χ4v) is 2.33. The van der Waals surface area contributed by atoms with Crippen molar-refractivity contribution in [2.75, 3.05) is 19.6 Å². The lowest BCUT2D eigenvalue weighted by Gasteiger charge is -2.36. The predicted molar refractivity (Wildman–Crippen MR) is 60.9 cm³/mol. The van der Waals surface area contributed by atoms with Crippen molar-refractivity contribution in [3.63, 3.8) is 0 Å². The number of nitrogens with one attached hydrogen (secondary N) is 1. The molecule has 1 aliphatic rings. The summed E-state index contributed by atoms with van der Waals surface area (Å²) in [5, 5.41) is 6.82. The third kappa shape index (κ3) is 2.63. The first-order valence-corrected chi connectivity index (χ1v) is 5.85. The Balaban J connectivity index is 2.08. The van der Waals surface area contributed by atoms with Gasteiger partial charge in [-0.05, 0) is 6.92 Å². The Labute approximate surface area is 99.2 Å². The second-order valence-corrected chi connectivity index (χ2v) is 4.59. The number of hydrogen-bond acceptors (Lipinski definition) is 3. The molecule has 0 spiro atoms. The topological polar surface area (TPSA) is 57.9 Å². The van der Waals surface area contributed by atoms with Gasteiger partial charge in [0.05, 0.1) is 12.2 Å². The number of aromatic amines is 1. The third-order valence-electron chi connectivity index (χ3n) is 3.42. The molecule has 0 bridgehead atoms. The average Bonchev–Trinajstić information content (AvgIpc) is 2.69. The fraction of sp³-hybridized carbons (Fsp3) is 0.727. The number of aryl methyl sites for hydroxylation is 1. The van der Waals surface area contributed by atoms with Crippen molar-refractivity contribution >= 4 is 0 Å². The summed E-state index contributed by atoms with van der Waals surface area (Å²) in [4.78, 5) is 2.02. The number of alkyl halides is 2. The number of hydrogen-bond donors (Lipinski definition) is 2. The van der Waals surface area contributed by atoms with Gasteiger partial charge < -0.3 is 5.73 Å². The molecule has 17 heavy (non-hydrogen) atoms. The fourth-order valence-electron chi connectivity index (χ4n) is 2.33. The molecule has 1 aromatic heterocycles. The molecule has 1 unspecified atom stereocenters. The third-order valence-corrected chi connectivity index (χ3v) is 3.42. The Morgan fingerprint density at radius 1 is 1.53 bits per heavy atom. The SMILES string of the molecule is Cc1[nH]ncc1C(CN)N1CCC(F)(F)CC1. The number of piperidine rings is 1. The van der Waals surface area contributed by atoms with E-state index in [0.29, 0.717) is 19.6 Å². The number of rotatable bonds is 3. The van der Waals surface area contributed by atoms with Crippen LogP contribution in [0.15, 0.2) is 6.20 Å². The summed E-state index contributed by atoms with van der Waals surface area (Å²) in [5.41, 5.74) is 7.73. The van der Waals surface area contributed by atoms with Crippen molar-refractivity contribution in [2.24, 2.45) is 5.73 Å². The molecule has 0 aliphatic carbocycles. The number of H-pyrrole nitrogens is 1. The number of aromatic nitrogens is 2. The maximum atomic E-state index is 13.1. The van der Waals surface area contributed by atoms with Gasteiger partial charge in [0.25, 0.3) is 5.92 Å². The smallest absolute Gasteiger partial charge is 0.250 e. The minimum Gasteiger partial charge on any atom is -0.329 e. The Hall–Kier alpha value is -1.01. The minimum atomic E-state index is -2.51. The number of likely N-dealkylation sites (tertiary alicyclic amines) is 1. The van der Waals surface area contributed by atoms with E-state index in [1.807, 2.05) is 11.8 Å². The molecule has 6 heteroatoms. The van der Waals surface area contributed by atoms with Crippen LogP contribution in [0.3, 0.4) is 0 Å². The molecule has 1 aliphatic heterocycles. The highest BCUT2D eigenvalue weighted by molar-refractivity contribution is 5.20. The van der Waals surface area contributed by atoms with E-state index in [9.17, 15) is 8.78 Å². The lowest BCUT2D eigenvalue weighted by molar-refractivity contribution is -0.0627. The van der Waals surface area contributed by atoms with Crippen LogP contribution in [0, 0.1) is 6.92 Å². The molecule has 1 aromatic rings. The Morgan fingerprint density at radius 2 is 2.18 bits per heavy atom. The van der Waals surface area contributed by atoms with Gasteiger partial charge in [-0.1, -0.05) is 0 Å².